The standard InChI is InChI=1S/C12H22N4/c1-16-12(10-14-15-16)9-13-8-7-11-5-3-2-4-6-11/h10-11,13H,2-9H2,1H3. The Kier molecular flexibility index (Phi) is 4.34. The summed E-state index contributed by atoms with van der Waals surface area (Å²) in [6, 6.07) is 0. The van der Waals surface area contributed by atoms with Crippen molar-refractivity contribution < 1.29 is 0 Å². The molecule has 1 aromatic heterocycles. The maximum Gasteiger partial charge on any atom is 0.0738 e. The van der Waals surface area contributed by atoms with Crippen LogP contribution in [0.1, 0.15) is 44.2 Å². The normalized spacial score (nSPS) is 17.8. The number of rotatable bonds is 5. The van der Waals surface area contributed by atoms with Crippen molar-refractivity contribution >= 4 is 0 Å². The van der Waals surface area contributed by atoms with Crippen LogP contribution in [0.15, 0.2) is 6.20 Å². The first kappa shape index (κ1) is 11.6. The van der Waals surface area contributed by atoms with Crippen molar-refractivity contribution in [3.63, 3.8) is 0 Å². The molecule has 0 amide bonds. The van der Waals surface area contributed by atoms with Gasteiger partial charge in [0.1, 0.15) is 0 Å². The molecule has 1 N–H and O–H groups in total. The molecule has 1 saturated carbocycles. The molecule has 4 heteroatoms. The summed E-state index contributed by atoms with van der Waals surface area (Å²) >= 11 is 0. The number of nitrogens with zero attached hydrogens (tertiary/aromatic N) is 3. The maximum absolute atomic E-state index is 3.91. The largest absolute Gasteiger partial charge is 0.311 e. The molecule has 1 fully saturated rings. The lowest BCUT2D eigenvalue weighted by Gasteiger charge is -2.21. The number of aryl methyl sites for hydroxylation is 1. The van der Waals surface area contributed by atoms with E-state index in [1.165, 1.54) is 38.5 Å². The highest BCUT2D eigenvalue weighted by molar-refractivity contribution is 4.92. The molecular formula is C12H22N4. The SMILES string of the molecule is Cn1nncc1CNCCC1CCCCC1. The molecular weight excluding hydrogens is 200 g/mol. The van der Waals surface area contributed by atoms with Gasteiger partial charge in [0, 0.05) is 13.6 Å². The van der Waals surface area contributed by atoms with Crippen LogP contribution in [0.3, 0.4) is 0 Å². The van der Waals surface area contributed by atoms with E-state index in [4.69, 9.17) is 0 Å². The first-order chi connectivity index (χ1) is 7.86. The minimum Gasteiger partial charge on any atom is -0.311 e. The van der Waals surface area contributed by atoms with Gasteiger partial charge in [-0.05, 0) is 18.9 Å². The van der Waals surface area contributed by atoms with Crippen LogP contribution >= 0.6 is 0 Å². The van der Waals surface area contributed by atoms with Crippen molar-refractivity contribution in [2.75, 3.05) is 6.54 Å². The highest BCUT2D eigenvalue weighted by Gasteiger charge is 2.12. The molecule has 1 aliphatic rings. The summed E-state index contributed by atoms with van der Waals surface area (Å²) in [5.41, 5.74) is 1.16. The molecule has 1 aromatic rings. The summed E-state index contributed by atoms with van der Waals surface area (Å²) in [7, 11) is 1.94. The zero-order valence-electron chi connectivity index (χ0n) is 10.2. The summed E-state index contributed by atoms with van der Waals surface area (Å²) in [5.74, 6) is 0.964. The van der Waals surface area contributed by atoms with E-state index in [9.17, 15) is 0 Å². The quantitative estimate of drug-likeness (QED) is 0.773. The van der Waals surface area contributed by atoms with Gasteiger partial charge in [-0.3, -0.25) is 4.68 Å². The van der Waals surface area contributed by atoms with E-state index in [2.05, 4.69) is 15.6 Å². The number of hydrogen-bond donors (Lipinski definition) is 1. The Morgan fingerprint density at radius 1 is 1.38 bits per heavy atom. The van der Waals surface area contributed by atoms with Crippen molar-refractivity contribution in [2.24, 2.45) is 13.0 Å². The van der Waals surface area contributed by atoms with Crippen molar-refractivity contribution in [3.05, 3.63) is 11.9 Å². The van der Waals surface area contributed by atoms with Gasteiger partial charge in [-0.25, -0.2) is 0 Å². The molecule has 0 aromatic carbocycles. The molecule has 0 radical (unpaired) electrons. The Hall–Kier alpha value is -0.900. The third-order valence-corrected chi connectivity index (χ3v) is 3.57. The summed E-state index contributed by atoms with van der Waals surface area (Å²) < 4.78 is 1.83. The first-order valence-corrected chi connectivity index (χ1v) is 6.40. The maximum atomic E-state index is 3.91. The van der Waals surface area contributed by atoms with Crippen LogP contribution in [0.2, 0.25) is 0 Å². The van der Waals surface area contributed by atoms with Gasteiger partial charge in [-0.2, -0.15) is 0 Å². The highest BCUT2D eigenvalue weighted by Crippen LogP contribution is 2.25. The average Bonchev–Trinajstić information content (AvgIpc) is 2.72. The van der Waals surface area contributed by atoms with Gasteiger partial charge in [0.2, 0.25) is 0 Å². The average molecular weight is 222 g/mol. The van der Waals surface area contributed by atoms with E-state index >= 15 is 0 Å². The summed E-state index contributed by atoms with van der Waals surface area (Å²) in [6.07, 6.45) is 10.4. The molecule has 90 valence electrons. The fourth-order valence-corrected chi connectivity index (χ4v) is 2.47. The van der Waals surface area contributed by atoms with E-state index in [1.807, 2.05) is 17.9 Å². The zero-order valence-corrected chi connectivity index (χ0v) is 10.2. The third-order valence-electron chi connectivity index (χ3n) is 3.57. The van der Waals surface area contributed by atoms with E-state index in [0.29, 0.717) is 0 Å². The molecule has 0 unspecified atom stereocenters. The van der Waals surface area contributed by atoms with Crippen molar-refractivity contribution in [3.8, 4) is 0 Å². The molecule has 16 heavy (non-hydrogen) atoms. The second kappa shape index (κ2) is 5.99. The lowest BCUT2D eigenvalue weighted by Crippen LogP contribution is -2.20. The summed E-state index contributed by atoms with van der Waals surface area (Å²) in [5, 5.41) is 11.3. The highest BCUT2D eigenvalue weighted by atomic mass is 15.4. The Morgan fingerprint density at radius 2 is 2.19 bits per heavy atom. The Balaban J connectivity index is 1.59. The minimum absolute atomic E-state index is 0.885. The number of aromatic nitrogens is 3. The predicted molar refractivity (Wildman–Crippen MR) is 63.9 cm³/mol. The molecule has 2 rings (SSSR count). The van der Waals surface area contributed by atoms with E-state index in [1.54, 1.807) is 0 Å². The smallest absolute Gasteiger partial charge is 0.0738 e. The van der Waals surface area contributed by atoms with E-state index < -0.39 is 0 Å². The minimum atomic E-state index is 0.885. The molecule has 1 heterocycles. The lowest BCUT2D eigenvalue weighted by molar-refractivity contribution is 0.333. The first-order valence-electron chi connectivity index (χ1n) is 6.40. The van der Waals surface area contributed by atoms with Crippen molar-refractivity contribution in [1.82, 2.24) is 20.3 Å². The van der Waals surface area contributed by atoms with Gasteiger partial charge in [-0.1, -0.05) is 37.3 Å². The van der Waals surface area contributed by atoms with Crippen molar-refractivity contribution in [2.45, 2.75) is 45.1 Å². The van der Waals surface area contributed by atoms with Crippen molar-refractivity contribution in [1.29, 1.82) is 0 Å². The summed E-state index contributed by atoms with van der Waals surface area (Å²) in [4.78, 5) is 0. The zero-order chi connectivity index (χ0) is 11.2. The Bertz CT molecular complexity index is 302. The Labute approximate surface area is 97.4 Å². The topological polar surface area (TPSA) is 42.7 Å². The summed E-state index contributed by atoms with van der Waals surface area (Å²) in [6.45, 7) is 2.01. The van der Waals surface area contributed by atoms with Crippen LogP contribution in [0.5, 0.6) is 0 Å². The van der Waals surface area contributed by atoms with Crippen LogP contribution in [0, 0.1) is 5.92 Å². The van der Waals surface area contributed by atoms with Gasteiger partial charge in [0.05, 0.1) is 11.9 Å². The molecule has 0 aliphatic heterocycles. The van der Waals surface area contributed by atoms with E-state index in [0.717, 1.165) is 24.7 Å². The van der Waals surface area contributed by atoms with Crippen LogP contribution in [-0.4, -0.2) is 21.5 Å². The van der Waals surface area contributed by atoms with Gasteiger partial charge < -0.3 is 5.32 Å². The molecule has 1 aliphatic carbocycles. The van der Waals surface area contributed by atoms with Gasteiger partial charge in [-0.15, -0.1) is 5.10 Å². The van der Waals surface area contributed by atoms with Crippen LogP contribution in [-0.2, 0) is 13.6 Å². The number of hydrogen-bond acceptors (Lipinski definition) is 3. The second-order valence-electron chi connectivity index (χ2n) is 4.82. The Morgan fingerprint density at radius 3 is 2.88 bits per heavy atom. The molecule has 0 atom stereocenters. The van der Waals surface area contributed by atoms with E-state index in [-0.39, 0.29) is 0 Å². The van der Waals surface area contributed by atoms with Crippen LogP contribution < -0.4 is 5.32 Å². The van der Waals surface area contributed by atoms with Gasteiger partial charge in [0.25, 0.3) is 0 Å². The van der Waals surface area contributed by atoms with Gasteiger partial charge >= 0.3 is 0 Å². The monoisotopic (exact) mass is 222 g/mol. The molecule has 4 nitrogen and oxygen atoms in total. The molecule has 0 bridgehead atoms. The molecule has 0 saturated heterocycles. The second-order valence-corrected chi connectivity index (χ2v) is 4.82. The lowest BCUT2D eigenvalue weighted by atomic mass is 9.87. The fourth-order valence-electron chi connectivity index (χ4n) is 2.47. The van der Waals surface area contributed by atoms with Gasteiger partial charge in [0.15, 0.2) is 0 Å². The van der Waals surface area contributed by atoms with Crippen LogP contribution in [0.25, 0.3) is 0 Å². The fraction of sp³-hybridized carbons (Fsp3) is 0.833. The van der Waals surface area contributed by atoms with Crippen LogP contribution in [0.4, 0.5) is 0 Å². The molecule has 0 spiro atoms. The number of nitrogens with one attached hydrogen (secondary N) is 1. The third kappa shape index (κ3) is 3.30. The predicted octanol–water partition coefficient (Wildman–Crippen LogP) is 1.88.